The maximum absolute atomic E-state index is 4.48. The molecule has 0 N–H and O–H groups in total. The Bertz CT molecular complexity index is 965. The molecule has 0 amide bonds. The standard InChI is InChI=1S/C19H20N8/c1-14-6-3-8-16(20-14)18-12-26(24-22-18)10-5-11-27-13-19(23-25-27)17-9-4-7-15(2)21-17/h3-4,6-9,12-13H,5,10-11H2,1-2H3. The van der Waals surface area contributed by atoms with Crippen molar-refractivity contribution in [2.24, 2.45) is 0 Å². The molecule has 0 aliphatic carbocycles. The van der Waals surface area contributed by atoms with Crippen molar-refractivity contribution in [1.29, 1.82) is 0 Å². The molecule has 0 bridgehead atoms. The van der Waals surface area contributed by atoms with E-state index >= 15 is 0 Å². The van der Waals surface area contributed by atoms with E-state index in [0.29, 0.717) is 0 Å². The number of pyridine rings is 2. The van der Waals surface area contributed by atoms with Gasteiger partial charge in [0.15, 0.2) is 0 Å². The van der Waals surface area contributed by atoms with Crippen molar-refractivity contribution in [3.05, 3.63) is 60.2 Å². The van der Waals surface area contributed by atoms with Gasteiger partial charge < -0.3 is 0 Å². The van der Waals surface area contributed by atoms with Crippen LogP contribution in [0.1, 0.15) is 17.8 Å². The lowest BCUT2D eigenvalue weighted by molar-refractivity contribution is 0.484. The lowest BCUT2D eigenvalue weighted by Crippen LogP contribution is -2.05. The molecule has 0 saturated carbocycles. The quantitative estimate of drug-likeness (QED) is 0.525. The molecule has 4 aromatic rings. The molecule has 0 aliphatic heterocycles. The zero-order chi connectivity index (χ0) is 18.6. The van der Waals surface area contributed by atoms with E-state index in [1.807, 2.05) is 72.0 Å². The average molecular weight is 360 g/mol. The lowest BCUT2D eigenvalue weighted by atomic mass is 10.2. The second kappa shape index (κ2) is 7.45. The van der Waals surface area contributed by atoms with E-state index < -0.39 is 0 Å². The molecule has 27 heavy (non-hydrogen) atoms. The van der Waals surface area contributed by atoms with Crippen molar-refractivity contribution in [1.82, 2.24) is 40.0 Å². The van der Waals surface area contributed by atoms with Crippen molar-refractivity contribution in [3.8, 4) is 22.8 Å². The van der Waals surface area contributed by atoms with Crippen molar-refractivity contribution < 1.29 is 0 Å². The van der Waals surface area contributed by atoms with Crippen molar-refractivity contribution >= 4 is 0 Å². The summed E-state index contributed by atoms with van der Waals surface area (Å²) < 4.78 is 3.67. The number of aryl methyl sites for hydroxylation is 4. The molecule has 136 valence electrons. The first-order valence-corrected chi connectivity index (χ1v) is 8.86. The van der Waals surface area contributed by atoms with Crippen LogP contribution in [0.5, 0.6) is 0 Å². The van der Waals surface area contributed by atoms with Crippen LogP contribution in [0.25, 0.3) is 22.8 Å². The highest BCUT2D eigenvalue weighted by molar-refractivity contribution is 5.52. The Kier molecular flexibility index (Phi) is 4.69. The fourth-order valence-electron chi connectivity index (χ4n) is 2.82. The number of hydrogen-bond acceptors (Lipinski definition) is 6. The minimum Gasteiger partial charge on any atom is -0.252 e. The summed E-state index contributed by atoms with van der Waals surface area (Å²) in [4.78, 5) is 8.96. The van der Waals surface area contributed by atoms with Gasteiger partial charge in [-0.2, -0.15) is 0 Å². The van der Waals surface area contributed by atoms with Gasteiger partial charge in [-0.1, -0.05) is 22.6 Å². The predicted octanol–water partition coefficient (Wildman–Crippen LogP) is 2.70. The Morgan fingerprint density at radius 2 is 1.15 bits per heavy atom. The van der Waals surface area contributed by atoms with Crippen LogP contribution in [0.3, 0.4) is 0 Å². The average Bonchev–Trinajstić information content (AvgIpc) is 3.32. The minimum atomic E-state index is 0.747. The minimum absolute atomic E-state index is 0.747. The Morgan fingerprint density at radius 1 is 0.667 bits per heavy atom. The van der Waals surface area contributed by atoms with Crippen molar-refractivity contribution in [2.75, 3.05) is 0 Å². The third kappa shape index (κ3) is 4.05. The molecule has 0 radical (unpaired) electrons. The van der Waals surface area contributed by atoms with E-state index in [2.05, 4.69) is 30.6 Å². The Hall–Kier alpha value is -3.42. The third-order valence-corrected chi connectivity index (χ3v) is 4.15. The van der Waals surface area contributed by atoms with Crippen LogP contribution in [0.4, 0.5) is 0 Å². The number of nitrogens with zero attached hydrogens (tertiary/aromatic N) is 8. The van der Waals surface area contributed by atoms with E-state index in [0.717, 1.165) is 53.7 Å². The predicted molar refractivity (Wildman–Crippen MR) is 101 cm³/mol. The summed E-state index contributed by atoms with van der Waals surface area (Å²) in [5, 5.41) is 16.8. The van der Waals surface area contributed by atoms with E-state index in [-0.39, 0.29) is 0 Å². The Balaban J connectivity index is 1.35. The van der Waals surface area contributed by atoms with Crippen LogP contribution in [0.15, 0.2) is 48.8 Å². The van der Waals surface area contributed by atoms with Crippen LogP contribution >= 0.6 is 0 Å². The SMILES string of the molecule is Cc1cccc(-c2cn(CCCn3cc(-c4cccc(C)n4)nn3)nn2)n1. The molecule has 0 aromatic carbocycles. The largest absolute Gasteiger partial charge is 0.252 e. The van der Waals surface area contributed by atoms with E-state index in [4.69, 9.17) is 0 Å². The van der Waals surface area contributed by atoms with Gasteiger partial charge in [0, 0.05) is 24.5 Å². The number of rotatable bonds is 6. The summed E-state index contributed by atoms with van der Waals surface area (Å²) in [6.45, 7) is 5.42. The summed E-state index contributed by atoms with van der Waals surface area (Å²) in [5.41, 5.74) is 5.18. The molecule has 4 rings (SSSR count). The van der Waals surface area contributed by atoms with Gasteiger partial charge in [0.25, 0.3) is 0 Å². The molecule has 0 atom stereocenters. The Labute approximate surface area is 156 Å². The maximum atomic E-state index is 4.48. The summed E-state index contributed by atoms with van der Waals surface area (Å²) in [6, 6.07) is 11.8. The molecule has 4 aromatic heterocycles. The first-order valence-electron chi connectivity index (χ1n) is 8.86. The van der Waals surface area contributed by atoms with Gasteiger partial charge in [-0.25, -0.2) is 0 Å². The van der Waals surface area contributed by atoms with Crippen LogP contribution in [-0.4, -0.2) is 40.0 Å². The van der Waals surface area contributed by atoms with Gasteiger partial charge in [0.05, 0.1) is 23.8 Å². The second-order valence-corrected chi connectivity index (χ2v) is 6.42. The molecule has 8 heteroatoms. The van der Waals surface area contributed by atoms with Gasteiger partial charge in [-0.05, 0) is 44.5 Å². The normalized spacial score (nSPS) is 11.0. The summed E-state index contributed by atoms with van der Waals surface area (Å²) in [6.07, 6.45) is 4.71. The van der Waals surface area contributed by atoms with Crippen LogP contribution in [0.2, 0.25) is 0 Å². The molecular formula is C19H20N8. The zero-order valence-corrected chi connectivity index (χ0v) is 15.3. The maximum Gasteiger partial charge on any atom is 0.131 e. The van der Waals surface area contributed by atoms with E-state index in [9.17, 15) is 0 Å². The van der Waals surface area contributed by atoms with Gasteiger partial charge in [-0.15, -0.1) is 10.2 Å². The summed E-state index contributed by atoms with van der Waals surface area (Å²) in [5.74, 6) is 0. The third-order valence-electron chi connectivity index (χ3n) is 4.15. The smallest absolute Gasteiger partial charge is 0.131 e. The highest BCUT2D eigenvalue weighted by Crippen LogP contribution is 2.15. The van der Waals surface area contributed by atoms with Gasteiger partial charge in [-0.3, -0.25) is 19.3 Å². The zero-order valence-electron chi connectivity index (χ0n) is 15.3. The Morgan fingerprint density at radius 3 is 1.59 bits per heavy atom. The van der Waals surface area contributed by atoms with Crippen molar-refractivity contribution in [2.45, 2.75) is 33.4 Å². The van der Waals surface area contributed by atoms with Crippen LogP contribution in [-0.2, 0) is 13.1 Å². The van der Waals surface area contributed by atoms with Crippen molar-refractivity contribution in [3.63, 3.8) is 0 Å². The fourth-order valence-corrected chi connectivity index (χ4v) is 2.82. The molecule has 4 heterocycles. The van der Waals surface area contributed by atoms with Gasteiger partial charge in [0.2, 0.25) is 0 Å². The summed E-state index contributed by atoms with van der Waals surface area (Å²) in [7, 11) is 0. The van der Waals surface area contributed by atoms with E-state index in [1.54, 1.807) is 0 Å². The highest BCUT2D eigenvalue weighted by Gasteiger charge is 2.07. The molecule has 0 fully saturated rings. The monoisotopic (exact) mass is 360 g/mol. The van der Waals surface area contributed by atoms with Crippen LogP contribution in [0, 0.1) is 13.8 Å². The number of hydrogen-bond donors (Lipinski definition) is 0. The first-order chi connectivity index (χ1) is 13.2. The van der Waals surface area contributed by atoms with Gasteiger partial charge >= 0.3 is 0 Å². The second-order valence-electron chi connectivity index (χ2n) is 6.42. The number of aromatic nitrogens is 8. The summed E-state index contributed by atoms with van der Waals surface area (Å²) >= 11 is 0. The molecule has 8 nitrogen and oxygen atoms in total. The molecular weight excluding hydrogens is 340 g/mol. The topological polar surface area (TPSA) is 87.2 Å². The van der Waals surface area contributed by atoms with Gasteiger partial charge in [0.1, 0.15) is 11.4 Å². The first kappa shape index (κ1) is 17.0. The molecule has 0 spiro atoms. The van der Waals surface area contributed by atoms with E-state index in [1.165, 1.54) is 0 Å². The molecule has 0 aliphatic rings. The van der Waals surface area contributed by atoms with Crippen LogP contribution < -0.4 is 0 Å². The highest BCUT2D eigenvalue weighted by atomic mass is 15.4. The molecule has 0 unspecified atom stereocenters. The fraction of sp³-hybridized carbons (Fsp3) is 0.263. The molecule has 0 saturated heterocycles. The lowest BCUT2D eigenvalue weighted by Gasteiger charge is -2.00.